The lowest BCUT2D eigenvalue weighted by atomic mass is 10.1. The molecule has 0 spiro atoms. The van der Waals surface area contributed by atoms with E-state index in [1.807, 2.05) is 0 Å². The first-order valence-electron chi connectivity index (χ1n) is 6.01. The summed E-state index contributed by atoms with van der Waals surface area (Å²) in [6.45, 7) is 1.03. The minimum absolute atomic E-state index is 0.0150. The molecular weight excluding hydrogens is 232 g/mol. The molecule has 0 unspecified atom stereocenters. The lowest BCUT2D eigenvalue weighted by Crippen LogP contribution is -2.39. The van der Waals surface area contributed by atoms with Gasteiger partial charge in [-0.15, -0.1) is 0 Å². The third-order valence-corrected chi connectivity index (χ3v) is 3.18. The first-order valence-corrected chi connectivity index (χ1v) is 6.01. The number of ketones is 1. The van der Waals surface area contributed by atoms with Crippen molar-refractivity contribution >= 4 is 11.7 Å². The molecule has 0 aromatic carbocycles. The monoisotopic (exact) mass is 248 g/mol. The third-order valence-electron chi connectivity index (χ3n) is 3.18. The molecule has 1 aromatic heterocycles. The summed E-state index contributed by atoms with van der Waals surface area (Å²) in [5, 5.41) is 0. The van der Waals surface area contributed by atoms with E-state index in [-0.39, 0.29) is 23.7 Å². The van der Waals surface area contributed by atoms with E-state index < -0.39 is 0 Å². The number of hydrogen-bond acceptors (Lipinski definition) is 3. The zero-order valence-corrected chi connectivity index (χ0v) is 10.4. The quantitative estimate of drug-likeness (QED) is 0.747. The van der Waals surface area contributed by atoms with Gasteiger partial charge >= 0.3 is 0 Å². The first kappa shape index (κ1) is 12.5. The highest BCUT2D eigenvalue weighted by molar-refractivity contribution is 5.84. The van der Waals surface area contributed by atoms with Crippen LogP contribution in [-0.4, -0.2) is 34.2 Å². The van der Waals surface area contributed by atoms with E-state index in [4.69, 9.17) is 0 Å². The van der Waals surface area contributed by atoms with Gasteiger partial charge in [-0.25, -0.2) is 0 Å². The highest BCUT2D eigenvalue weighted by Gasteiger charge is 2.20. The molecule has 0 atom stereocenters. The van der Waals surface area contributed by atoms with Crippen molar-refractivity contribution in [1.29, 1.82) is 0 Å². The van der Waals surface area contributed by atoms with Gasteiger partial charge in [-0.2, -0.15) is 0 Å². The van der Waals surface area contributed by atoms with E-state index in [1.54, 1.807) is 24.2 Å². The van der Waals surface area contributed by atoms with Crippen molar-refractivity contribution in [3.63, 3.8) is 0 Å². The number of piperidine rings is 1. The molecule has 1 saturated heterocycles. The molecule has 1 fully saturated rings. The number of hydrogen-bond donors (Lipinski definition) is 0. The molecule has 0 saturated carbocycles. The molecule has 5 heteroatoms. The maximum absolute atomic E-state index is 12.0. The standard InChI is InChI=1S/C13H16N2O3/c1-14-9-10(2-3-12(14)17)8-13(18)15-6-4-11(16)5-7-15/h2-3,9H,4-8H2,1H3. The average molecular weight is 248 g/mol. The lowest BCUT2D eigenvalue weighted by molar-refractivity contribution is -0.133. The predicted octanol–water partition coefficient (Wildman–Crippen LogP) is 0.119. The van der Waals surface area contributed by atoms with Gasteiger partial charge in [0.15, 0.2) is 0 Å². The molecule has 0 N–H and O–H groups in total. The maximum atomic E-state index is 12.0. The van der Waals surface area contributed by atoms with Gasteiger partial charge in [0.25, 0.3) is 0 Å². The summed E-state index contributed by atoms with van der Waals surface area (Å²) in [5.74, 6) is 0.238. The molecule has 2 heterocycles. The second-order valence-corrected chi connectivity index (χ2v) is 4.58. The molecule has 0 bridgehead atoms. The molecule has 0 aliphatic carbocycles. The van der Waals surface area contributed by atoms with Gasteiger partial charge in [-0.3, -0.25) is 14.4 Å². The van der Waals surface area contributed by atoms with E-state index in [0.717, 1.165) is 5.56 Å². The largest absolute Gasteiger partial charge is 0.342 e. The fourth-order valence-electron chi connectivity index (χ4n) is 2.05. The molecule has 2 rings (SSSR count). The van der Waals surface area contributed by atoms with Crippen molar-refractivity contribution in [2.45, 2.75) is 19.3 Å². The number of likely N-dealkylation sites (tertiary alicyclic amines) is 1. The van der Waals surface area contributed by atoms with Crippen molar-refractivity contribution in [3.8, 4) is 0 Å². The summed E-state index contributed by atoms with van der Waals surface area (Å²) in [6, 6.07) is 3.14. The Kier molecular flexibility index (Phi) is 3.60. The number of rotatable bonds is 2. The fraction of sp³-hybridized carbons (Fsp3) is 0.462. The van der Waals surface area contributed by atoms with Crippen molar-refractivity contribution < 1.29 is 9.59 Å². The van der Waals surface area contributed by atoms with E-state index in [1.165, 1.54) is 10.6 Å². The number of nitrogens with zero attached hydrogens (tertiary/aromatic N) is 2. The second kappa shape index (κ2) is 5.16. The molecule has 1 amide bonds. The van der Waals surface area contributed by atoms with Gasteiger partial charge in [-0.1, -0.05) is 6.07 Å². The van der Waals surface area contributed by atoms with Crippen LogP contribution in [-0.2, 0) is 23.1 Å². The number of carbonyl (C=O) groups is 2. The molecule has 96 valence electrons. The van der Waals surface area contributed by atoms with Crippen molar-refractivity contribution in [2.75, 3.05) is 13.1 Å². The third kappa shape index (κ3) is 2.85. The average Bonchev–Trinajstić information content (AvgIpc) is 2.34. The number of Topliss-reactive ketones (excluding diaryl/α,β-unsaturated/α-hetero) is 1. The molecule has 1 aromatic rings. The number of aromatic nitrogens is 1. The van der Waals surface area contributed by atoms with Crippen molar-refractivity contribution in [1.82, 2.24) is 9.47 Å². The predicted molar refractivity (Wildman–Crippen MR) is 66.2 cm³/mol. The Morgan fingerprint density at radius 2 is 1.89 bits per heavy atom. The molecule has 1 aliphatic rings. The maximum Gasteiger partial charge on any atom is 0.250 e. The Morgan fingerprint density at radius 1 is 1.22 bits per heavy atom. The lowest BCUT2D eigenvalue weighted by Gasteiger charge is -2.26. The van der Waals surface area contributed by atoms with Crippen LogP contribution in [0.1, 0.15) is 18.4 Å². The topological polar surface area (TPSA) is 59.4 Å². The van der Waals surface area contributed by atoms with Crippen LogP contribution in [0.3, 0.4) is 0 Å². The Labute approximate surface area is 105 Å². The van der Waals surface area contributed by atoms with Gasteiger partial charge in [0.2, 0.25) is 11.5 Å². The van der Waals surface area contributed by atoms with Crippen LogP contribution >= 0.6 is 0 Å². The SMILES string of the molecule is Cn1cc(CC(=O)N2CCC(=O)CC2)ccc1=O. The normalized spacial score (nSPS) is 15.8. The van der Waals surface area contributed by atoms with E-state index in [9.17, 15) is 14.4 Å². The van der Waals surface area contributed by atoms with E-state index in [0.29, 0.717) is 25.9 Å². The first-order chi connectivity index (χ1) is 8.56. The summed E-state index contributed by atoms with van der Waals surface area (Å²) in [7, 11) is 1.66. The molecule has 0 radical (unpaired) electrons. The Morgan fingerprint density at radius 3 is 2.50 bits per heavy atom. The summed E-state index contributed by atoms with van der Waals surface area (Å²) >= 11 is 0. The number of aryl methyl sites for hydroxylation is 1. The summed E-state index contributed by atoms with van der Waals surface area (Å²) in [6.07, 6.45) is 2.87. The van der Waals surface area contributed by atoms with Crippen LogP contribution in [0, 0.1) is 0 Å². The van der Waals surface area contributed by atoms with Crippen molar-refractivity contribution in [3.05, 3.63) is 34.2 Å². The fourth-order valence-corrected chi connectivity index (χ4v) is 2.05. The smallest absolute Gasteiger partial charge is 0.250 e. The minimum atomic E-state index is -0.0882. The number of carbonyl (C=O) groups excluding carboxylic acids is 2. The second-order valence-electron chi connectivity index (χ2n) is 4.58. The molecule has 1 aliphatic heterocycles. The summed E-state index contributed by atoms with van der Waals surface area (Å²) < 4.78 is 1.46. The van der Waals surface area contributed by atoms with Crippen molar-refractivity contribution in [2.24, 2.45) is 7.05 Å². The highest BCUT2D eigenvalue weighted by Crippen LogP contribution is 2.08. The van der Waals surface area contributed by atoms with Gasteiger partial charge in [0.1, 0.15) is 5.78 Å². The summed E-state index contributed by atoms with van der Waals surface area (Å²) in [4.78, 5) is 36.0. The van der Waals surface area contributed by atoms with Gasteiger partial charge < -0.3 is 9.47 Å². The molecular formula is C13H16N2O3. The number of pyridine rings is 1. The van der Waals surface area contributed by atoms with Crippen LogP contribution in [0.2, 0.25) is 0 Å². The van der Waals surface area contributed by atoms with Gasteiger partial charge in [0, 0.05) is 45.2 Å². The van der Waals surface area contributed by atoms with E-state index in [2.05, 4.69) is 0 Å². The summed E-state index contributed by atoms with van der Waals surface area (Å²) in [5.41, 5.74) is 0.730. The Bertz CT molecular complexity index is 523. The zero-order valence-electron chi connectivity index (χ0n) is 10.4. The van der Waals surface area contributed by atoms with Crippen LogP contribution in [0.25, 0.3) is 0 Å². The molecule has 5 nitrogen and oxygen atoms in total. The Hall–Kier alpha value is -1.91. The minimum Gasteiger partial charge on any atom is -0.342 e. The molecule has 18 heavy (non-hydrogen) atoms. The van der Waals surface area contributed by atoms with Gasteiger partial charge in [-0.05, 0) is 5.56 Å². The van der Waals surface area contributed by atoms with Crippen LogP contribution in [0.5, 0.6) is 0 Å². The van der Waals surface area contributed by atoms with E-state index >= 15 is 0 Å². The highest BCUT2D eigenvalue weighted by atomic mass is 16.2. The zero-order chi connectivity index (χ0) is 13.1. The van der Waals surface area contributed by atoms with Crippen LogP contribution in [0.4, 0.5) is 0 Å². The Balaban J connectivity index is 2.00. The van der Waals surface area contributed by atoms with Crippen LogP contribution in [0.15, 0.2) is 23.1 Å². The van der Waals surface area contributed by atoms with Crippen LogP contribution < -0.4 is 5.56 Å². The number of amides is 1. The van der Waals surface area contributed by atoms with Gasteiger partial charge in [0.05, 0.1) is 6.42 Å².